The molecule has 1 aliphatic carbocycles. The Morgan fingerprint density at radius 3 is 2.79 bits per heavy atom. The maximum Gasteiger partial charge on any atom is 0.252 e. The van der Waals surface area contributed by atoms with Crippen molar-refractivity contribution in [3.05, 3.63) is 17.3 Å². The van der Waals surface area contributed by atoms with E-state index in [1.807, 2.05) is 0 Å². The van der Waals surface area contributed by atoms with Crippen molar-refractivity contribution in [3.8, 4) is 0 Å². The first-order chi connectivity index (χ1) is 6.72. The molecule has 0 bridgehead atoms. The van der Waals surface area contributed by atoms with Crippen LogP contribution in [-0.2, 0) is 0 Å². The first-order valence-corrected chi connectivity index (χ1v) is 4.57. The summed E-state index contributed by atoms with van der Waals surface area (Å²) in [5.74, 6) is 0.458. The van der Waals surface area contributed by atoms with Crippen LogP contribution < -0.4 is 11.1 Å². The summed E-state index contributed by atoms with van der Waals surface area (Å²) in [5.41, 5.74) is 6.53. The minimum absolute atomic E-state index is 0.421. The van der Waals surface area contributed by atoms with E-state index in [9.17, 15) is 4.79 Å². The molecule has 2 rings (SSSR count). The summed E-state index contributed by atoms with van der Waals surface area (Å²) in [6, 6.07) is 1.73. The highest BCUT2D eigenvalue weighted by atomic mass is 16.1. The third-order valence-corrected chi connectivity index (χ3v) is 2.31. The molecule has 5 nitrogen and oxygen atoms in total. The van der Waals surface area contributed by atoms with Crippen molar-refractivity contribution in [2.75, 3.05) is 12.4 Å². The minimum Gasteiger partial charge on any atom is -0.371 e. The van der Waals surface area contributed by atoms with Crippen LogP contribution in [0.3, 0.4) is 0 Å². The van der Waals surface area contributed by atoms with Crippen LogP contribution >= 0.6 is 0 Å². The number of amides is 1. The van der Waals surface area contributed by atoms with Crippen molar-refractivity contribution in [1.29, 1.82) is 0 Å². The van der Waals surface area contributed by atoms with Crippen LogP contribution in [0.25, 0.3) is 0 Å². The van der Waals surface area contributed by atoms with Gasteiger partial charge in [-0.1, -0.05) is 0 Å². The van der Waals surface area contributed by atoms with E-state index < -0.39 is 5.91 Å². The Kier molecular flexibility index (Phi) is 2.07. The van der Waals surface area contributed by atoms with Gasteiger partial charge in [-0.05, 0) is 18.9 Å². The van der Waals surface area contributed by atoms with Gasteiger partial charge in [0.05, 0.1) is 11.3 Å². The summed E-state index contributed by atoms with van der Waals surface area (Å²) < 4.78 is 0. The second-order valence-electron chi connectivity index (χ2n) is 3.42. The number of hydrogen-bond donors (Lipinski definition) is 2. The average molecular weight is 192 g/mol. The molecule has 1 saturated carbocycles. The van der Waals surface area contributed by atoms with Gasteiger partial charge in [0.1, 0.15) is 0 Å². The maximum atomic E-state index is 11.1. The van der Waals surface area contributed by atoms with Crippen molar-refractivity contribution < 1.29 is 4.79 Å². The lowest BCUT2D eigenvalue weighted by Gasteiger charge is -2.05. The third kappa shape index (κ3) is 1.53. The van der Waals surface area contributed by atoms with Gasteiger partial charge in [-0.15, -0.1) is 5.10 Å². The van der Waals surface area contributed by atoms with Crippen molar-refractivity contribution >= 4 is 11.7 Å². The fourth-order valence-electron chi connectivity index (χ4n) is 1.36. The van der Waals surface area contributed by atoms with Crippen molar-refractivity contribution in [2.45, 2.75) is 18.8 Å². The highest BCUT2D eigenvalue weighted by Crippen LogP contribution is 2.39. The fraction of sp³-hybridized carbons (Fsp3) is 0.444. The molecule has 1 aliphatic rings. The van der Waals surface area contributed by atoms with Crippen LogP contribution in [0.15, 0.2) is 6.07 Å². The molecule has 1 heterocycles. The Bertz CT molecular complexity index is 373. The fourth-order valence-corrected chi connectivity index (χ4v) is 1.36. The standard InChI is InChI=1S/C9H12N4O/c1-11-9-6(8(10)14)4-7(12-13-9)5-2-3-5/h4-5H,2-3H2,1H3,(H2,10,14)(H,11,13). The van der Waals surface area contributed by atoms with Crippen molar-refractivity contribution in [3.63, 3.8) is 0 Å². The second-order valence-corrected chi connectivity index (χ2v) is 3.42. The van der Waals surface area contributed by atoms with Gasteiger partial charge in [0, 0.05) is 13.0 Å². The summed E-state index contributed by atoms with van der Waals surface area (Å²) in [5, 5.41) is 10.7. The van der Waals surface area contributed by atoms with Crippen molar-refractivity contribution in [2.24, 2.45) is 5.73 Å². The smallest absolute Gasteiger partial charge is 0.252 e. The van der Waals surface area contributed by atoms with E-state index in [0.717, 1.165) is 18.5 Å². The lowest BCUT2D eigenvalue weighted by molar-refractivity contribution is 0.100. The number of nitrogens with one attached hydrogen (secondary N) is 1. The van der Waals surface area contributed by atoms with Crippen molar-refractivity contribution in [1.82, 2.24) is 10.2 Å². The number of anilines is 1. The Morgan fingerprint density at radius 2 is 2.29 bits per heavy atom. The molecular weight excluding hydrogens is 180 g/mol. The molecular formula is C9H12N4O. The monoisotopic (exact) mass is 192 g/mol. The van der Waals surface area contributed by atoms with Crippen LogP contribution in [0, 0.1) is 0 Å². The number of carbonyl (C=O) groups is 1. The predicted molar refractivity (Wildman–Crippen MR) is 52.1 cm³/mol. The van der Waals surface area contributed by atoms with E-state index >= 15 is 0 Å². The predicted octanol–water partition coefficient (Wildman–Crippen LogP) is 0.495. The number of carbonyl (C=O) groups excluding carboxylic acids is 1. The second kappa shape index (κ2) is 3.25. The zero-order valence-corrected chi connectivity index (χ0v) is 7.95. The molecule has 1 fully saturated rings. The molecule has 1 amide bonds. The van der Waals surface area contributed by atoms with Crippen LogP contribution in [0.5, 0.6) is 0 Å². The minimum atomic E-state index is -0.467. The topological polar surface area (TPSA) is 80.9 Å². The van der Waals surface area contributed by atoms with Gasteiger partial charge in [0.15, 0.2) is 5.82 Å². The molecule has 5 heteroatoms. The summed E-state index contributed by atoms with van der Waals surface area (Å²) in [6.07, 6.45) is 2.26. The molecule has 0 aromatic carbocycles. The summed E-state index contributed by atoms with van der Waals surface area (Å²) in [4.78, 5) is 11.1. The SMILES string of the molecule is CNc1nnc(C2CC2)cc1C(N)=O. The van der Waals surface area contributed by atoms with Gasteiger partial charge >= 0.3 is 0 Å². The Balaban J connectivity index is 2.40. The largest absolute Gasteiger partial charge is 0.371 e. The zero-order valence-electron chi connectivity index (χ0n) is 7.95. The number of hydrogen-bond acceptors (Lipinski definition) is 4. The Morgan fingerprint density at radius 1 is 1.57 bits per heavy atom. The number of primary amides is 1. The average Bonchev–Trinajstić information content (AvgIpc) is 3.00. The summed E-state index contributed by atoms with van der Waals surface area (Å²) >= 11 is 0. The number of nitrogens with zero attached hydrogens (tertiary/aromatic N) is 2. The van der Waals surface area contributed by atoms with Gasteiger partial charge in [-0.2, -0.15) is 5.10 Å². The van der Waals surface area contributed by atoms with Crippen LogP contribution in [-0.4, -0.2) is 23.2 Å². The van der Waals surface area contributed by atoms with Gasteiger partial charge in [-0.3, -0.25) is 4.79 Å². The lowest BCUT2D eigenvalue weighted by atomic mass is 10.2. The van der Waals surface area contributed by atoms with E-state index in [1.165, 1.54) is 0 Å². The van der Waals surface area contributed by atoms with E-state index in [0.29, 0.717) is 17.3 Å². The van der Waals surface area contributed by atoms with E-state index in [1.54, 1.807) is 13.1 Å². The molecule has 74 valence electrons. The third-order valence-electron chi connectivity index (χ3n) is 2.31. The first-order valence-electron chi connectivity index (χ1n) is 4.57. The molecule has 3 N–H and O–H groups in total. The van der Waals surface area contributed by atoms with E-state index in [2.05, 4.69) is 15.5 Å². The molecule has 0 aliphatic heterocycles. The van der Waals surface area contributed by atoms with Gasteiger partial charge in [0.25, 0.3) is 5.91 Å². The molecule has 1 aromatic rings. The molecule has 0 radical (unpaired) electrons. The summed E-state index contributed by atoms with van der Waals surface area (Å²) in [6.45, 7) is 0. The normalized spacial score (nSPS) is 15.2. The Hall–Kier alpha value is -1.65. The highest BCUT2D eigenvalue weighted by Gasteiger charge is 2.26. The number of nitrogens with two attached hydrogens (primary N) is 1. The zero-order chi connectivity index (χ0) is 10.1. The van der Waals surface area contributed by atoms with Crippen LogP contribution in [0.4, 0.5) is 5.82 Å². The number of aromatic nitrogens is 2. The van der Waals surface area contributed by atoms with Gasteiger partial charge < -0.3 is 11.1 Å². The molecule has 0 saturated heterocycles. The molecule has 14 heavy (non-hydrogen) atoms. The van der Waals surface area contributed by atoms with E-state index in [4.69, 9.17) is 5.73 Å². The van der Waals surface area contributed by atoms with Crippen LogP contribution in [0.2, 0.25) is 0 Å². The summed E-state index contributed by atoms with van der Waals surface area (Å²) in [7, 11) is 1.69. The number of rotatable bonds is 3. The van der Waals surface area contributed by atoms with Gasteiger partial charge in [0.2, 0.25) is 0 Å². The van der Waals surface area contributed by atoms with Crippen LogP contribution in [0.1, 0.15) is 34.8 Å². The Labute approximate surface area is 81.7 Å². The molecule has 0 atom stereocenters. The molecule has 0 spiro atoms. The van der Waals surface area contributed by atoms with E-state index in [-0.39, 0.29) is 0 Å². The highest BCUT2D eigenvalue weighted by molar-refractivity contribution is 5.97. The first kappa shape index (κ1) is 8.93. The maximum absolute atomic E-state index is 11.1. The quantitative estimate of drug-likeness (QED) is 0.730. The lowest BCUT2D eigenvalue weighted by Crippen LogP contribution is -2.15. The molecule has 0 unspecified atom stereocenters. The van der Waals surface area contributed by atoms with Gasteiger partial charge in [-0.25, -0.2) is 0 Å². The molecule has 1 aromatic heterocycles.